The molecule has 0 saturated carbocycles. The van der Waals surface area contributed by atoms with E-state index in [-0.39, 0.29) is 0 Å². The first-order valence-electron chi connectivity index (χ1n) is 6.35. The molecular weight excluding hydrogens is 232 g/mol. The van der Waals surface area contributed by atoms with Crippen molar-refractivity contribution < 1.29 is 13.9 Å². The van der Waals surface area contributed by atoms with Gasteiger partial charge in [0, 0.05) is 24.7 Å². The van der Waals surface area contributed by atoms with E-state index in [0.717, 1.165) is 38.2 Å². The zero-order valence-electron chi connectivity index (χ0n) is 10.9. The number of methoxy groups -OCH3 is 1. The number of rotatable bonds is 5. The van der Waals surface area contributed by atoms with E-state index >= 15 is 0 Å². The number of hydrogen-bond donors (Lipinski definition) is 1. The predicted octanol–water partition coefficient (Wildman–Crippen LogP) is 1.25. The Morgan fingerprint density at radius 3 is 3.11 bits per heavy atom. The summed E-state index contributed by atoms with van der Waals surface area (Å²) in [6.07, 6.45) is 2.70. The topological polar surface area (TPSA) is 54.7 Å². The lowest BCUT2D eigenvalue weighted by Gasteiger charge is -2.26. The minimum atomic E-state index is -0.407. The van der Waals surface area contributed by atoms with Crippen LogP contribution in [0, 0.1) is 0 Å². The molecular formula is C13H20N2O3. The molecule has 1 unspecified atom stereocenters. The van der Waals surface area contributed by atoms with Gasteiger partial charge in [-0.05, 0) is 25.6 Å². The molecule has 1 fully saturated rings. The standard InChI is InChI=1S/C13H20N2O3/c1-3-15(11-4-6-14-8-11)9-10-5-7-18-12(10)13(16)17-2/h5,7,11,14H,3-4,6,8-9H2,1-2H3. The summed E-state index contributed by atoms with van der Waals surface area (Å²) in [7, 11) is 1.37. The van der Waals surface area contributed by atoms with Crippen molar-refractivity contribution in [1.82, 2.24) is 10.2 Å². The lowest BCUT2D eigenvalue weighted by molar-refractivity contribution is 0.0561. The van der Waals surface area contributed by atoms with Crippen LogP contribution in [-0.4, -0.2) is 43.7 Å². The molecule has 0 amide bonds. The molecule has 0 radical (unpaired) electrons. The van der Waals surface area contributed by atoms with Crippen LogP contribution in [0.1, 0.15) is 29.5 Å². The van der Waals surface area contributed by atoms with Crippen LogP contribution in [-0.2, 0) is 11.3 Å². The minimum Gasteiger partial charge on any atom is -0.463 e. The Kier molecular flexibility index (Phi) is 4.38. The summed E-state index contributed by atoms with van der Waals surface area (Å²) in [5.41, 5.74) is 0.899. The molecule has 2 heterocycles. The fourth-order valence-electron chi connectivity index (χ4n) is 2.40. The SMILES string of the molecule is CCN(Cc1ccoc1C(=O)OC)C1CCNC1. The van der Waals surface area contributed by atoms with Gasteiger partial charge < -0.3 is 14.5 Å². The fourth-order valence-corrected chi connectivity index (χ4v) is 2.40. The van der Waals surface area contributed by atoms with Crippen molar-refractivity contribution in [2.24, 2.45) is 0 Å². The molecule has 0 aliphatic carbocycles. The molecule has 5 nitrogen and oxygen atoms in total. The first-order chi connectivity index (χ1) is 8.76. The van der Waals surface area contributed by atoms with E-state index in [2.05, 4.69) is 17.1 Å². The Bertz CT molecular complexity index is 397. The molecule has 1 aromatic heterocycles. The van der Waals surface area contributed by atoms with Crippen LogP contribution in [0.4, 0.5) is 0 Å². The Labute approximate surface area is 107 Å². The summed E-state index contributed by atoms with van der Waals surface area (Å²) in [6, 6.07) is 2.38. The third kappa shape index (κ3) is 2.73. The Balaban J connectivity index is 2.07. The van der Waals surface area contributed by atoms with E-state index in [0.29, 0.717) is 11.8 Å². The van der Waals surface area contributed by atoms with Gasteiger partial charge in [-0.3, -0.25) is 4.90 Å². The van der Waals surface area contributed by atoms with Crippen molar-refractivity contribution in [3.8, 4) is 0 Å². The smallest absolute Gasteiger partial charge is 0.374 e. The molecule has 1 atom stereocenters. The van der Waals surface area contributed by atoms with Crippen molar-refractivity contribution in [3.05, 3.63) is 23.7 Å². The van der Waals surface area contributed by atoms with Crippen LogP contribution in [0.3, 0.4) is 0 Å². The van der Waals surface area contributed by atoms with E-state index in [1.807, 2.05) is 6.07 Å². The molecule has 2 rings (SSSR count). The van der Waals surface area contributed by atoms with Gasteiger partial charge >= 0.3 is 5.97 Å². The van der Waals surface area contributed by atoms with E-state index < -0.39 is 5.97 Å². The Morgan fingerprint density at radius 1 is 1.67 bits per heavy atom. The van der Waals surface area contributed by atoms with Gasteiger partial charge in [-0.2, -0.15) is 0 Å². The predicted molar refractivity (Wildman–Crippen MR) is 67.4 cm³/mol. The molecule has 1 N–H and O–H groups in total. The molecule has 0 aromatic carbocycles. The monoisotopic (exact) mass is 252 g/mol. The van der Waals surface area contributed by atoms with Crippen LogP contribution >= 0.6 is 0 Å². The number of furan rings is 1. The van der Waals surface area contributed by atoms with Gasteiger partial charge in [0.1, 0.15) is 0 Å². The zero-order chi connectivity index (χ0) is 13.0. The summed E-state index contributed by atoms with van der Waals surface area (Å²) < 4.78 is 9.92. The lowest BCUT2D eigenvalue weighted by atomic mass is 10.1. The third-order valence-corrected chi connectivity index (χ3v) is 3.45. The highest BCUT2D eigenvalue weighted by Gasteiger charge is 2.24. The number of ether oxygens (including phenoxy) is 1. The number of nitrogens with zero attached hydrogens (tertiary/aromatic N) is 1. The first-order valence-corrected chi connectivity index (χ1v) is 6.35. The molecule has 0 spiro atoms. The molecule has 18 heavy (non-hydrogen) atoms. The molecule has 100 valence electrons. The Morgan fingerprint density at radius 2 is 2.50 bits per heavy atom. The van der Waals surface area contributed by atoms with Gasteiger partial charge in [0.05, 0.1) is 13.4 Å². The third-order valence-electron chi connectivity index (χ3n) is 3.45. The summed E-state index contributed by atoms with van der Waals surface area (Å²) in [6.45, 7) is 5.90. The van der Waals surface area contributed by atoms with Gasteiger partial charge in [0.25, 0.3) is 0 Å². The van der Waals surface area contributed by atoms with Crippen molar-refractivity contribution >= 4 is 5.97 Å². The molecule has 1 aromatic rings. The van der Waals surface area contributed by atoms with E-state index in [1.165, 1.54) is 7.11 Å². The maximum absolute atomic E-state index is 11.5. The van der Waals surface area contributed by atoms with Gasteiger partial charge in [0.2, 0.25) is 5.76 Å². The second-order valence-corrected chi connectivity index (χ2v) is 4.48. The van der Waals surface area contributed by atoms with Crippen molar-refractivity contribution in [3.63, 3.8) is 0 Å². The quantitative estimate of drug-likeness (QED) is 0.799. The molecule has 0 bridgehead atoms. The maximum Gasteiger partial charge on any atom is 0.374 e. The van der Waals surface area contributed by atoms with Crippen molar-refractivity contribution in [2.45, 2.75) is 25.9 Å². The highest BCUT2D eigenvalue weighted by molar-refractivity contribution is 5.87. The molecule has 1 aliphatic heterocycles. The summed E-state index contributed by atoms with van der Waals surface area (Å²) in [5.74, 6) is -0.0856. The average Bonchev–Trinajstić information content (AvgIpc) is 3.05. The van der Waals surface area contributed by atoms with Crippen LogP contribution in [0.25, 0.3) is 0 Å². The van der Waals surface area contributed by atoms with Crippen LogP contribution < -0.4 is 5.32 Å². The molecule has 1 saturated heterocycles. The van der Waals surface area contributed by atoms with Crippen LogP contribution in [0.2, 0.25) is 0 Å². The van der Waals surface area contributed by atoms with Crippen LogP contribution in [0.15, 0.2) is 16.7 Å². The normalized spacial score (nSPS) is 19.4. The second-order valence-electron chi connectivity index (χ2n) is 4.48. The zero-order valence-corrected chi connectivity index (χ0v) is 10.9. The second kappa shape index (κ2) is 6.02. The minimum absolute atomic E-state index is 0.321. The summed E-state index contributed by atoms with van der Waals surface area (Å²) in [4.78, 5) is 13.9. The number of likely N-dealkylation sites (N-methyl/N-ethyl adjacent to an activating group) is 1. The summed E-state index contributed by atoms with van der Waals surface area (Å²) >= 11 is 0. The van der Waals surface area contributed by atoms with E-state index in [1.54, 1.807) is 6.26 Å². The molecule has 1 aliphatic rings. The van der Waals surface area contributed by atoms with Gasteiger partial charge in [-0.15, -0.1) is 0 Å². The number of esters is 1. The largest absolute Gasteiger partial charge is 0.463 e. The van der Waals surface area contributed by atoms with Gasteiger partial charge in [-0.1, -0.05) is 6.92 Å². The number of nitrogens with one attached hydrogen (secondary N) is 1. The number of carbonyl (C=O) groups excluding carboxylic acids is 1. The Hall–Kier alpha value is -1.33. The number of hydrogen-bond acceptors (Lipinski definition) is 5. The van der Waals surface area contributed by atoms with Crippen LogP contribution in [0.5, 0.6) is 0 Å². The van der Waals surface area contributed by atoms with Crippen molar-refractivity contribution in [2.75, 3.05) is 26.7 Å². The highest BCUT2D eigenvalue weighted by atomic mass is 16.5. The number of carbonyl (C=O) groups is 1. The van der Waals surface area contributed by atoms with E-state index in [9.17, 15) is 4.79 Å². The average molecular weight is 252 g/mol. The molecule has 5 heteroatoms. The maximum atomic E-state index is 11.5. The highest BCUT2D eigenvalue weighted by Crippen LogP contribution is 2.18. The van der Waals surface area contributed by atoms with Gasteiger partial charge in [0.15, 0.2) is 0 Å². The first kappa shape index (κ1) is 13.1. The fraction of sp³-hybridized carbons (Fsp3) is 0.615. The summed E-state index contributed by atoms with van der Waals surface area (Å²) in [5, 5.41) is 3.36. The lowest BCUT2D eigenvalue weighted by Crippen LogP contribution is -2.36. The van der Waals surface area contributed by atoms with Gasteiger partial charge in [-0.25, -0.2) is 4.79 Å². The van der Waals surface area contributed by atoms with Crippen molar-refractivity contribution in [1.29, 1.82) is 0 Å². The van der Waals surface area contributed by atoms with E-state index in [4.69, 9.17) is 9.15 Å².